The summed E-state index contributed by atoms with van der Waals surface area (Å²) in [6.45, 7) is 5.89. The number of nitrogens with one attached hydrogen (secondary N) is 1. The zero-order valence-corrected chi connectivity index (χ0v) is 14.5. The molecule has 3 rings (SSSR count). The van der Waals surface area contributed by atoms with Gasteiger partial charge in [0.05, 0.1) is 0 Å². The van der Waals surface area contributed by atoms with Crippen LogP contribution in [0.1, 0.15) is 38.7 Å². The van der Waals surface area contributed by atoms with Gasteiger partial charge in [-0.25, -0.2) is 0 Å². The van der Waals surface area contributed by atoms with Crippen LogP contribution in [-0.2, 0) is 6.42 Å². The van der Waals surface area contributed by atoms with Crippen molar-refractivity contribution in [2.75, 3.05) is 6.54 Å². The van der Waals surface area contributed by atoms with E-state index in [0.717, 1.165) is 19.0 Å². The third-order valence-electron chi connectivity index (χ3n) is 4.48. The molecule has 1 nitrogen and oxygen atoms in total. The minimum Gasteiger partial charge on any atom is -0.313 e. The molecule has 1 N–H and O–H groups in total. The molecule has 1 saturated carbocycles. The first-order chi connectivity index (χ1) is 10.1. The Morgan fingerprint density at radius 1 is 1.10 bits per heavy atom. The van der Waals surface area contributed by atoms with Crippen LogP contribution < -0.4 is 5.32 Å². The normalized spacial score (nSPS) is 15.6. The maximum atomic E-state index is 3.67. The van der Waals surface area contributed by atoms with E-state index < -0.39 is 0 Å². The lowest BCUT2D eigenvalue weighted by Crippen LogP contribution is -2.31. The summed E-state index contributed by atoms with van der Waals surface area (Å²) < 4.78 is 1.19. The van der Waals surface area contributed by atoms with Crippen LogP contribution in [0.3, 0.4) is 0 Å². The Labute approximate surface area is 136 Å². The van der Waals surface area contributed by atoms with Gasteiger partial charge < -0.3 is 5.32 Å². The van der Waals surface area contributed by atoms with Crippen molar-refractivity contribution in [3.8, 4) is 0 Å². The number of rotatable bonds is 6. The molecule has 0 radical (unpaired) electrons. The highest BCUT2D eigenvalue weighted by Crippen LogP contribution is 2.30. The number of halogens is 1. The van der Waals surface area contributed by atoms with Crippen LogP contribution in [0.25, 0.3) is 10.8 Å². The predicted octanol–water partition coefficient (Wildman–Crippen LogP) is 5.31. The second-order valence-corrected chi connectivity index (χ2v) is 7.93. The minimum absolute atomic E-state index is 0.358. The number of fused-ring (bicyclic) bond motifs is 1. The summed E-state index contributed by atoms with van der Waals surface area (Å²) in [5.74, 6) is 0. The molecule has 0 aromatic heterocycles. The number of hydrogen-bond acceptors (Lipinski definition) is 1. The maximum absolute atomic E-state index is 3.67. The Balaban J connectivity index is 1.71. The minimum atomic E-state index is 0.358. The third-order valence-corrected chi connectivity index (χ3v) is 5.17. The summed E-state index contributed by atoms with van der Waals surface area (Å²) in [6.07, 6.45) is 5.10. The first-order valence-electron chi connectivity index (χ1n) is 7.95. The highest BCUT2D eigenvalue weighted by atomic mass is 79.9. The summed E-state index contributed by atoms with van der Waals surface area (Å²) in [4.78, 5) is 0. The standard InChI is InChI=1S/C19H24BrN/c1-19(2,13-21-15-8-9-15)12-11-14-7-10-18(20)17-6-4-3-5-16(14)17/h3-7,10,15,21H,8-9,11-13H2,1-2H3. The van der Waals surface area contributed by atoms with E-state index in [0.29, 0.717) is 5.41 Å². The van der Waals surface area contributed by atoms with Crippen LogP contribution in [0, 0.1) is 5.41 Å². The Bertz CT molecular complexity index is 628. The van der Waals surface area contributed by atoms with E-state index in [1.807, 2.05) is 0 Å². The molecule has 2 heteroatoms. The zero-order valence-electron chi connectivity index (χ0n) is 13.0. The summed E-state index contributed by atoms with van der Waals surface area (Å²) in [6, 6.07) is 14.0. The second kappa shape index (κ2) is 6.10. The largest absolute Gasteiger partial charge is 0.313 e. The van der Waals surface area contributed by atoms with Crippen molar-refractivity contribution in [1.82, 2.24) is 5.32 Å². The van der Waals surface area contributed by atoms with E-state index in [1.54, 1.807) is 0 Å². The molecule has 0 aliphatic heterocycles. The van der Waals surface area contributed by atoms with Crippen molar-refractivity contribution in [3.63, 3.8) is 0 Å². The van der Waals surface area contributed by atoms with Gasteiger partial charge in [0.25, 0.3) is 0 Å². The fraction of sp³-hybridized carbons (Fsp3) is 0.474. The molecule has 0 bridgehead atoms. The van der Waals surface area contributed by atoms with Gasteiger partial charge in [0.15, 0.2) is 0 Å². The molecule has 0 amide bonds. The smallest absolute Gasteiger partial charge is 0.0253 e. The highest BCUT2D eigenvalue weighted by Gasteiger charge is 2.25. The van der Waals surface area contributed by atoms with Gasteiger partial charge in [0.2, 0.25) is 0 Å². The van der Waals surface area contributed by atoms with E-state index in [9.17, 15) is 0 Å². The Morgan fingerprint density at radius 2 is 1.81 bits per heavy atom. The van der Waals surface area contributed by atoms with E-state index in [1.165, 1.54) is 40.1 Å². The molecule has 0 atom stereocenters. The fourth-order valence-corrected chi connectivity index (χ4v) is 3.29. The molecule has 112 valence electrons. The summed E-state index contributed by atoms with van der Waals surface area (Å²) in [5.41, 5.74) is 1.82. The Morgan fingerprint density at radius 3 is 2.52 bits per heavy atom. The topological polar surface area (TPSA) is 12.0 Å². The van der Waals surface area contributed by atoms with Crippen LogP contribution in [0.2, 0.25) is 0 Å². The van der Waals surface area contributed by atoms with Gasteiger partial charge in [-0.2, -0.15) is 0 Å². The van der Waals surface area contributed by atoms with Gasteiger partial charge in [0, 0.05) is 17.1 Å². The molecule has 0 heterocycles. The number of hydrogen-bond donors (Lipinski definition) is 1. The Hall–Kier alpha value is -0.860. The van der Waals surface area contributed by atoms with E-state index >= 15 is 0 Å². The van der Waals surface area contributed by atoms with Gasteiger partial charge in [-0.05, 0) is 53.5 Å². The van der Waals surface area contributed by atoms with Gasteiger partial charge in [-0.1, -0.05) is 60.1 Å². The average Bonchev–Trinajstić information content (AvgIpc) is 3.29. The van der Waals surface area contributed by atoms with Crippen molar-refractivity contribution in [2.24, 2.45) is 5.41 Å². The van der Waals surface area contributed by atoms with Gasteiger partial charge in [-0.3, -0.25) is 0 Å². The van der Waals surface area contributed by atoms with E-state index in [4.69, 9.17) is 0 Å². The predicted molar refractivity (Wildman–Crippen MR) is 94.8 cm³/mol. The van der Waals surface area contributed by atoms with Crippen molar-refractivity contribution < 1.29 is 0 Å². The molecule has 1 aliphatic rings. The second-order valence-electron chi connectivity index (χ2n) is 7.07. The van der Waals surface area contributed by atoms with Gasteiger partial charge in [-0.15, -0.1) is 0 Å². The van der Waals surface area contributed by atoms with Crippen LogP contribution in [0.4, 0.5) is 0 Å². The summed E-state index contributed by atoms with van der Waals surface area (Å²) >= 11 is 3.66. The number of aryl methyl sites for hydroxylation is 1. The van der Waals surface area contributed by atoms with Gasteiger partial charge in [0.1, 0.15) is 0 Å². The molecular formula is C19H24BrN. The molecule has 1 fully saturated rings. The lowest BCUT2D eigenvalue weighted by Gasteiger charge is -2.25. The highest BCUT2D eigenvalue weighted by molar-refractivity contribution is 9.10. The van der Waals surface area contributed by atoms with Gasteiger partial charge >= 0.3 is 0 Å². The molecular weight excluding hydrogens is 322 g/mol. The third kappa shape index (κ3) is 3.87. The van der Waals surface area contributed by atoms with Crippen molar-refractivity contribution >= 4 is 26.7 Å². The van der Waals surface area contributed by atoms with Crippen molar-refractivity contribution in [3.05, 3.63) is 46.4 Å². The quantitative estimate of drug-likeness (QED) is 0.747. The Kier molecular flexibility index (Phi) is 4.37. The van der Waals surface area contributed by atoms with Crippen molar-refractivity contribution in [2.45, 2.75) is 45.6 Å². The van der Waals surface area contributed by atoms with Crippen LogP contribution in [-0.4, -0.2) is 12.6 Å². The molecule has 1 aliphatic carbocycles. The van der Waals surface area contributed by atoms with Crippen LogP contribution in [0.5, 0.6) is 0 Å². The average molecular weight is 346 g/mol. The van der Waals surface area contributed by atoms with Crippen LogP contribution in [0.15, 0.2) is 40.9 Å². The lowest BCUT2D eigenvalue weighted by atomic mass is 9.85. The van der Waals surface area contributed by atoms with Crippen LogP contribution >= 0.6 is 15.9 Å². The molecule has 0 spiro atoms. The molecule has 0 unspecified atom stereocenters. The monoisotopic (exact) mass is 345 g/mol. The first-order valence-corrected chi connectivity index (χ1v) is 8.74. The summed E-state index contributed by atoms with van der Waals surface area (Å²) in [7, 11) is 0. The van der Waals surface area contributed by atoms with E-state index in [2.05, 4.69) is 71.5 Å². The first kappa shape index (κ1) is 15.1. The molecule has 2 aromatic carbocycles. The molecule has 21 heavy (non-hydrogen) atoms. The van der Waals surface area contributed by atoms with E-state index in [-0.39, 0.29) is 0 Å². The zero-order chi connectivity index (χ0) is 14.9. The number of benzene rings is 2. The SMILES string of the molecule is CC(C)(CCc1ccc(Br)c2ccccc12)CNC1CC1. The maximum Gasteiger partial charge on any atom is 0.0253 e. The molecule has 0 saturated heterocycles. The molecule has 2 aromatic rings. The van der Waals surface area contributed by atoms with Crippen molar-refractivity contribution in [1.29, 1.82) is 0 Å². The lowest BCUT2D eigenvalue weighted by molar-refractivity contribution is 0.314. The fourth-order valence-electron chi connectivity index (χ4n) is 2.81. The summed E-state index contributed by atoms with van der Waals surface area (Å²) in [5, 5.41) is 6.38.